The van der Waals surface area contributed by atoms with Crippen molar-refractivity contribution in [2.45, 2.75) is 10.9 Å². The minimum Gasteiger partial charge on any atom is -0.394 e. The van der Waals surface area contributed by atoms with Crippen LogP contribution >= 0.6 is 23.2 Å². The first-order valence-corrected chi connectivity index (χ1v) is 8.32. The summed E-state index contributed by atoms with van der Waals surface area (Å²) < 4.78 is 27.3. The van der Waals surface area contributed by atoms with E-state index >= 15 is 0 Å². The smallest absolute Gasteiger partial charge is 0.244 e. The number of nitrogens with one attached hydrogen (secondary N) is 1. The predicted molar refractivity (Wildman–Crippen MR) is 83.1 cm³/mol. The molecule has 0 fully saturated rings. The molecule has 112 valence electrons. The number of hydrogen-bond acceptors (Lipinski definition) is 3. The van der Waals surface area contributed by atoms with Crippen molar-refractivity contribution in [2.75, 3.05) is 6.61 Å². The summed E-state index contributed by atoms with van der Waals surface area (Å²) in [6.45, 7) is -0.384. The minimum absolute atomic E-state index is 0.0275. The summed E-state index contributed by atoms with van der Waals surface area (Å²) >= 11 is 11.8. The first-order valence-electron chi connectivity index (χ1n) is 6.08. The Morgan fingerprint density at radius 1 is 1.00 bits per heavy atom. The van der Waals surface area contributed by atoms with Crippen molar-refractivity contribution in [1.82, 2.24) is 4.72 Å². The molecule has 2 rings (SSSR count). The third-order valence-corrected chi connectivity index (χ3v) is 5.30. The van der Waals surface area contributed by atoms with E-state index in [9.17, 15) is 13.5 Å². The van der Waals surface area contributed by atoms with Crippen molar-refractivity contribution in [1.29, 1.82) is 0 Å². The van der Waals surface area contributed by atoms with Crippen LogP contribution in [0.3, 0.4) is 0 Å². The average molecular weight is 346 g/mol. The van der Waals surface area contributed by atoms with E-state index in [0.29, 0.717) is 5.56 Å². The van der Waals surface area contributed by atoms with Crippen molar-refractivity contribution in [3.63, 3.8) is 0 Å². The predicted octanol–water partition coefficient (Wildman–Crippen LogP) is 3.01. The molecule has 0 radical (unpaired) electrons. The van der Waals surface area contributed by atoms with Crippen LogP contribution in [0.5, 0.6) is 0 Å². The molecule has 0 amide bonds. The molecule has 0 aliphatic carbocycles. The summed E-state index contributed by atoms with van der Waals surface area (Å²) in [5, 5.41) is 9.49. The molecule has 21 heavy (non-hydrogen) atoms. The monoisotopic (exact) mass is 345 g/mol. The Morgan fingerprint density at radius 3 is 2.10 bits per heavy atom. The van der Waals surface area contributed by atoms with E-state index in [4.69, 9.17) is 23.2 Å². The van der Waals surface area contributed by atoms with E-state index in [1.54, 1.807) is 36.4 Å². The lowest BCUT2D eigenvalue weighted by Gasteiger charge is -2.18. The van der Waals surface area contributed by atoms with Gasteiger partial charge in [-0.1, -0.05) is 59.6 Å². The fraction of sp³-hybridized carbons (Fsp3) is 0.143. The lowest BCUT2D eigenvalue weighted by Crippen LogP contribution is -2.31. The molecule has 2 aromatic rings. The first kappa shape index (κ1) is 16.3. The molecule has 0 aliphatic rings. The number of benzene rings is 2. The van der Waals surface area contributed by atoms with Gasteiger partial charge >= 0.3 is 0 Å². The van der Waals surface area contributed by atoms with E-state index in [1.165, 1.54) is 12.1 Å². The van der Waals surface area contributed by atoms with Gasteiger partial charge in [-0.3, -0.25) is 0 Å². The summed E-state index contributed by atoms with van der Waals surface area (Å²) in [5.41, 5.74) is 0.645. The summed E-state index contributed by atoms with van der Waals surface area (Å²) in [4.78, 5) is -0.192. The van der Waals surface area contributed by atoms with Crippen molar-refractivity contribution in [3.05, 3.63) is 64.1 Å². The van der Waals surface area contributed by atoms with Gasteiger partial charge in [-0.05, 0) is 17.7 Å². The van der Waals surface area contributed by atoms with Crippen molar-refractivity contribution >= 4 is 33.2 Å². The number of halogens is 2. The second kappa shape index (κ2) is 6.77. The molecular formula is C14H13Cl2NO3S. The van der Waals surface area contributed by atoms with Crippen LogP contribution in [0, 0.1) is 0 Å². The Balaban J connectivity index is 2.37. The van der Waals surface area contributed by atoms with E-state index in [0.717, 1.165) is 0 Å². The van der Waals surface area contributed by atoms with Gasteiger partial charge in [0.25, 0.3) is 0 Å². The molecule has 0 saturated heterocycles. The third kappa shape index (κ3) is 3.75. The average Bonchev–Trinajstić information content (AvgIpc) is 2.45. The molecular weight excluding hydrogens is 333 g/mol. The summed E-state index contributed by atoms with van der Waals surface area (Å²) in [7, 11) is -3.95. The van der Waals surface area contributed by atoms with Crippen LogP contribution in [0.4, 0.5) is 0 Å². The summed E-state index contributed by atoms with van der Waals surface area (Å²) in [6, 6.07) is 12.4. The van der Waals surface area contributed by atoms with Gasteiger partial charge in [0.05, 0.1) is 22.7 Å². The largest absolute Gasteiger partial charge is 0.394 e. The van der Waals surface area contributed by atoms with E-state index in [1.807, 2.05) is 0 Å². The highest BCUT2D eigenvalue weighted by Gasteiger charge is 2.25. The van der Waals surface area contributed by atoms with Crippen LogP contribution in [-0.2, 0) is 10.0 Å². The fourth-order valence-electron chi connectivity index (χ4n) is 1.88. The molecule has 0 bridgehead atoms. The summed E-state index contributed by atoms with van der Waals surface area (Å²) in [5.74, 6) is 0. The van der Waals surface area contributed by atoms with Gasteiger partial charge in [0, 0.05) is 0 Å². The molecule has 0 spiro atoms. The second-order valence-electron chi connectivity index (χ2n) is 4.32. The summed E-state index contributed by atoms with van der Waals surface area (Å²) in [6.07, 6.45) is 0. The third-order valence-electron chi connectivity index (χ3n) is 2.87. The standard InChI is InChI=1S/C14H13Cl2NO3S/c15-11-7-4-8-12(16)14(11)21(19,20)17-13(9-18)10-5-2-1-3-6-10/h1-8,13,17-18H,9H2. The van der Waals surface area contributed by atoms with Gasteiger partial charge in [-0.15, -0.1) is 0 Å². The molecule has 0 aliphatic heterocycles. The molecule has 0 aromatic heterocycles. The zero-order valence-electron chi connectivity index (χ0n) is 10.8. The van der Waals surface area contributed by atoms with Gasteiger partial charge in [-0.25, -0.2) is 13.1 Å². The van der Waals surface area contributed by atoms with E-state index < -0.39 is 16.1 Å². The fourth-order valence-corrected chi connectivity index (χ4v) is 4.24. The van der Waals surface area contributed by atoms with Crippen LogP contribution < -0.4 is 4.72 Å². The lowest BCUT2D eigenvalue weighted by atomic mass is 10.1. The highest BCUT2D eigenvalue weighted by molar-refractivity contribution is 7.89. The van der Waals surface area contributed by atoms with Crippen LogP contribution in [-0.4, -0.2) is 20.1 Å². The van der Waals surface area contributed by atoms with E-state index in [2.05, 4.69) is 4.72 Å². The zero-order valence-corrected chi connectivity index (χ0v) is 13.2. The lowest BCUT2D eigenvalue weighted by molar-refractivity contribution is 0.259. The Bertz CT molecular complexity index is 700. The van der Waals surface area contributed by atoms with Crippen LogP contribution in [0.2, 0.25) is 10.0 Å². The Labute approximate surface area is 133 Å². The molecule has 1 atom stereocenters. The number of hydrogen-bond donors (Lipinski definition) is 2. The molecule has 2 N–H and O–H groups in total. The van der Waals surface area contributed by atoms with Crippen molar-refractivity contribution in [3.8, 4) is 0 Å². The van der Waals surface area contributed by atoms with Gasteiger partial charge in [0.15, 0.2) is 0 Å². The van der Waals surface area contributed by atoms with Gasteiger partial charge in [0.1, 0.15) is 4.90 Å². The molecule has 7 heteroatoms. The molecule has 1 unspecified atom stereocenters. The van der Waals surface area contributed by atoms with E-state index in [-0.39, 0.29) is 21.5 Å². The maximum atomic E-state index is 12.4. The maximum absolute atomic E-state index is 12.4. The highest BCUT2D eigenvalue weighted by Crippen LogP contribution is 2.30. The Hall–Kier alpha value is -1.11. The van der Waals surface area contributed by atoms with Crippen molar-refractivity contribution in [2.24, 2.45) is 0 Å². The van der Waals surface area contributed by atoms with Crippen LogP contribution in [0.25, 0.3) is 0 Å². The molecule has 2 aromatic carbocycles. The van der Waals surface area contributed by atoms with Gasteiger partial charge in [0.2, 0.25) is 10.0 Å². The normalized spacial score (nSPS) is 13.1. The molecule has 0 saturated carbocycles. The Morgan fingerprint density at radius 2 is 1.57 bits per heavy atom. The van der Waals surface area contributed by atoms with Crippen LogP contribution in [0.1, 0.15) is 11.6 Å². The number of sulfonamides is 1. The maximum Gasteiger partial charge on any atom is 0.244 e. The quantitative estimate of drug-likeness (QED) is 0.875. The zero-order chi connectivity index (χ0) is 15.5. The second-order valence-corrected chi connectivity index (χ2v) is 6.78. The van der Waals surface area contributed by atoms with Crippen molar-refractivity contribution < 1.29 is 13.5 Å². The number of aliphatic hydroxyl groups is 1. The van der Waals surface area contributed by atoms with Crippen LogP contribution in [0.15, 0.2) is 53.4 Å². The SMILES string of the molecule is O=S(=O)(NC(CO)c1ccccc1)c1c(Cl)cccc1Cl. The number of aliphatic hydroxyl groups excluding tert-OH is 1. The first-order chi connectivity index (χ1) is 9.95. The van der Waals surface area contributed by atoms with Gasteiger partial charge < -0.3 is 5.11 Å². The minimum atomic E-state index is -3.95. The topological polar surface area (TPSA) is 66.4 Å². The number of rotatable bonds is 5. The van der Waals surface area contributed by atoms with Gasteiger partial charge in [-0.2, -0.15) is 0 Å². The Kier molecular flexibility index (Phi) is 5.24. The molecule has 0 heterocycles. The highest BCUT2D eigenvalue weighted by atomic mass is 35.5. The molecule has 4 nitrogen and oxygen atoms in total.